The van der Waals surface area contributed by atoms with Crippen LogP contribution in [0.2, 0.25) is 0 Å². The molecule has 0 saturated carbocycles. The monoisotopic (exact) mass is 338 g/mol. The van der Waals surface area contributed by atoms with E-state index in [4.69, 9.17) is 0 Å². The molecule has 128 valence electrons. The number of halogens is 1. The summed E-state index contributed by atoms with van der Waals surface area (Å²) < 4.78 is 15.2. The molecule has 0 radical (unpaired) electrons. The quantitative estimate of drug-likeness (QED) is 0.665. The van der Waals surface area contributed by atoms with Gasteiger partial charge in [0.25, 0.3) is 11.4 Å². The van der Waals surface area contributed by atoms with Crippen LogP contribution >= 0.6 is 0 Å². The van der Waals surface area contributed by atoms with Gasteiger partial charge in [-0.1, -0.05) is 25.1 Å². The summed E-state index contributed by atoms with van der Waals surface area (Å²) >= 11 is 0. The second-order valence-corrected chi connectivity index (χ2v) is 6.00. The van der Waals surface area contributed by atoms with Gasteiger partial charge in [0.15, 0.2) is 0 Å². The molecule has 0 aliphatic heterocycles. The molecule has 3 aromatic rings. The Balaban J connectivity index is 2.40. The highest BCUT2D eigenvalue weighted by atomic mass is 19.1. The Morgan fingerprint density at radius 1 is 1.04 bits per heavy atom. The zero-order valence-corrected chi connectivity index (χ0v) is 14.4. The van der Waals surface area contributed by atoms with E-state index < -0.39 is 0 Å². The first-order valence-electron chi connectivity index (χ1n) is 8.16. The average molecular weight is 338 g/mol. The number of hydrogen-bond donors (Lipinski definition) is 0. The van der Waals surface area contributed by atoms with Gasteiger partial charge in [0, 0.05) is 4.91 Å². The van der Waals surface area contributed by atoms with Crippen LogP contribution in [0.5, 0.6) is 0 Å². The lowest BCUT2D eigenvalue weighted by molar-refractivity contribution is -0.471. The molecule has 0 aliphatic rings. The van der Waals surface area contributed by atoms with Crippen molar-refractivity contribution >= 4 is 0 Å². The molecule has 1 aromatic heterocycles. The van der Waals surface area contributed by atoms with Crippen molar-refractivity contribution < 1.29 is 8.82 Å². The zero-order chi connectivity index (χ0) is 18.1. The lowest BCUT2D eigenvalue weighted by Gasteiger charge is -2.20. The van der Waals surface area contributed by atoms with Crippen molar-refractivity contribution in [1.82, 2.24) is 4.73 Å². The summed E-state index contributed by atoms with van der Waals surface area (Å²) in [7, 11) is 0. The maximum absolute atomic E-state index is 13.6. The summed E-state index contributed by atoms with van der Waals surface area (Å²) in [5.74, 6) is -0.345. The van der Waals surface area contributed by atoms with Crippen molar-refractivity contribution in [3.8, 4) is 22.5 Å². The average Bonchev–Trinajstić information content (AvgIpc) is 2.61. The Hall–Kier alpha value is -2.95. The van der Waals surface area contributed by atoms with Gasteiger partial charge in [-0.05, 0) is 56.2 Å². The fourth-order valence-corrected chi connectivity index (χ4v) is 3.08. The summed E-state index contributed by atoms with van der Waals surface area (Å²) in [6.07, 6.45) is 0.430. The molecule has 4 nitrogen and oxygen atoms in total. The topological polar surface area (TPSA) is 51.0 Å². The van der Waals surface area contributed by atoms with Gasteiger partial charge in [-0.25, -0.2) is 4.39 Å². The predicted molar refractivity (Wildman–Crippen MR) is 96.2 cm³/mol. The minimum Gasteiger partial charge on any atom is -0.805 e. The maximum Gasteiger partial charge on any atom is 0.289 e. The van der Waals surface area contributed by atoms with Crippen molar-refractivity contribution in [2.75, 3.05) is 0 Å². The summed E-state index contributed by atoms with van der Waals surface area (Å²) in [5, 5.41) is 12.8. The summed E-state index contributed by atoms with van der Waals surface area (Å²) in [6.45, 7) is 5.09. The van der Waals surface area contributed by atoms with Gasteiger partial charge < -0.3 is 9.94 Å². The first-order chi connectivity index (χ1) is 12.0. The molecule has 0 atom stereocenters. The van der Waals surface area contributed by atoms with E-state index in [1.54, 1.807) is 32.0 Å². The fraction of sp³-hybridized carbons (Fsp3) is 0.200. The SMILES string of the molecule is CCc1c(-c2ccccc2)[n+](=O)c(-c2ccc(F)c(C)c2)c(C)n1[O-]. The number of nitrogens with zero attached hydrogens (tertiary/aromatic N) is 2. The molecule has 0 N–H and O–H groups in total. The van der Waals surface area contributed by atoms with E-state index in [2.05, 4.69) is 0 Å². The Morgan fingerprint density at radius 3 is 2.32 bits per heavy atom. The van der Waals surface area contributed by atoms with Crippen LogP contribution in [0, 0.1) is 29.8 Å². The van der Waals surface area contributed by atoms with Crippen LogP contribution in [-0.2, 0) is 6.42 Å². The van der Waals surface area contributed by atoms with Crippen molar-refractivity contribution in [1.29, 1.82) is 0 Å². The molecular formula is C20H19FN2O2. The fourth-order valence-electron chi connectivity index (χ4n) is 3.08. The summed E-state index contributed by atoms with van der Waals surface area (Å²) in [5.41, 5.74) is 2.93. The smallest absolute Gasteiger partial charge is 0.289 e. The Bertz CT molecular complexity index is 995. The molecule has 2 aromatic carbocycles. The predicted octanol–water partition coefficient (Wildman–Crippen LogP) is 4.40. The van der Waals surface area contributed by atoms with E-state index in [9.17, 15) is 14.5 Å². The van der Waals surface area contributed by atoms with Crippen molar-refractivity contribution in [2.45, 2.75) is 27.2 Å². The van der Waals surface area contributed by atoms with Gasteiger partial charge in [-0.3, -0.25) is 0 Å². The molecular weight excluding hydrogens is 319 g/mol. The second-order valence-electron chi connectivity index (χ2n) is 6.00. The third-order valence-electron chi connectivity index (χ3n) is 4.39. The van der Waals surface area contributed by atoms with Crippen molar-refractivity contribution in [3.05, 3.63) is 81.4 Å². The van der Waals surface area contributed by atoms with Crippen LogP contribution in [0.15, 0.2) is 48.5 Å². The lowest BCUT2D eigenvalue weighted by Crippen LogP contribution is -2.28. The number of hydrogen-bond acceptors (Lipinski definition) is 2. The second kappa shape index (κ2) is 6.51. The number of benzene rings is 2. The first-order valence-corrected chi connectivity index (χ1v) is 8.16. The molecule has 0 unspecified atom stereocenters. The molecule has 1 heterocycles. The van der Waals surface area contributed by atoms with E-state index in [1.807, 2.05) is 25.1 Å². The Morgan fingerprint density at radius 2 is 1.72 bits per heavy atom. The van der Waals surface area contributed by atoms with E-state index >= 15 is 0 Å². The van der Waals surface area contributed by atoms with E-state index in [1.165, 1.54) is 12.1 Å². The highest BCUT2D eigenvalue weighted by Gasteiger charge is 2.27. The zero-order valence-electron chi connectivity index (χ0n) is 14.4. The van der Waals surface area contributed by atoms with Gasteiger partial charge in [0.05, 0.1) is 26.9 Å². The molecule has 0 fully saturated rings. The minimum atomic E-state index is -0.345. The van der Waals surface area contributed by atoms with Crippen LogP contribution in [0.1, 0.15) is 23.9 Å². The van der Waals surface area contributed by atoms with Crippen LogP contribution in [0.4, 0.5) is 4.39 Å². The molecule has 3 rings (SSSR count). The highest BCUT2D eigenvalue weighted by molar-refractivity contribution is 5.65. The van der Waals surface area contributed by atoms with Gasteiger partial charge in [0.1, 0.15) is 5.82 Å². The largest absolute Gasteiger partial charge is 0.805 e. The number of aromatic nitrogens is 2. The molecule has 0 saturated heterocycles. The molecule has 5 heteroatoms. The molecule has 0 aliphatic carbocycles. The van der Waals surface area contributed by atoms with E-state index in [0.717, 1.165) is 9.16 Å². The van der Waals surface area contributed by atoms with Crippen molar-refractivity contribution in [3.63, 3.8) is 0 Å². The Labute approximate surface area is 145 Å². The summed E-state index contributed by atoms with van der Waals surface area (Å²) in [6, 6.07) is 13.5. The minimum absolute atomic E-state index is 0.245. The van der Waals surface area contributed by atoms with Gasteiger partial charge in [0.2, 0.25) is 0 Å². The van der Waals surface area contributed by atoms with E-state index in [-0.39, 0.29) is 11.5 Å². The molecule has 25 heavy (non-hydrogen) atoms. The molecule has 0 spiro atoms. The van der Waals surface area contributed by atoms with E-state index in [0.29, 0.717) is 40.2 Å². The molecule has 0 bridgehead atoms. The van der Waals surface area contributed by atoms with Crippen LogP contribution in [-0.4, -0.2) is 4.73 Å². The van der Waals surface area contributed by atoms with Gasteiger partial charge in [-0.2, -0.15) is 0 Å². The molecule has 0 amide bonds. The van der Waals surface area contributed by atoms with Crippen LogP contribution < -0.4 is 4.43 Å². The highest BCUT2D eigenvalue weighted by Crippen LogP contribution is 2.27. The third-order valence-corrected chi connectivity index (χ3v) is 4.39. The maximum atomic E-state index is 13.6. The summed E-state index contributed by atoms with van der Waals surface area (Å²) in [4.78, 5) is 13.2. The van der Waals surface area contributed by atoms with Gasteiger partial charge in [-0.15, -0.1) is 0 Å². The Kier molecular flexibility index (Phi) is 4.40. The normalized spacial score (nSPS) is 10.9. The standard InChI is InChI=1S/C20H19FN2O2/c1-4-18-20(15-8-6-5-7-9-15)23(25)19(14(3)22(18)24)16-10-11-17(21)13(2)12-16/h5-12H,4H2,1-3H3. The first kappa shape index (κ1) is 16.9. The van der Waals surface area contributed by atoms with Crippen molar-refractivity contribution in [2.24, 2.45) is 0 Å². The number of rotatable bonds is 3. The van der Waals surface area contributed by atoms with Gasteiger partial charge >= 0.3 is 0 Å². The van der Waals surface area contributed by atoms with Crippen LogP contribution in [0.25, 0.3) is 22.5 Å². The number of aryl methyl sites for hydroxylation is 1. The lowest BCUT2D eigenvalue weighted by atomic mass is 10.0. The van der Waals surface area contributed by atoms with Crippen LogP contribution in [0.3, 0.4) is 0 Å². The third kappa shape index (κ3) is 2.82.